The zero-order chi connectivity index (χ0) is 19.7. The Balaban J connectivity index is 1.34. The topological polar surface area (TPSA) is 75.9 Å². The van der Waals surface area contributed by atoms with Gasteiger partial charge in [-0.1, -0.05) is 12.1 Å². The highest BCUT2D eigenvalue weighted by Crippen LogP contribution is 2.24. The second-order valence-electron chi connectivity index (χ2n) is 7.02. The van der Waals surface area contributed by atoms with E-state index in [1.165, 1.54) is 3.57 Å². The third-order valence-electron chi connectivity index (χ3n) is 4.82. The zero-order valence-electron chi connectivity index (χ0n) is 15.8. The molecule has 2 aromatic heterocycles. The summed E-state index contributed by atoms with van der Waals surface area (Å²) < 4.78 is 3.00. The van der Waals surface area contributed by atoms with Gasteiger partial charge in [-0.3, -0.25) is 4.79 Å². The molecule has 1 aliphatic rings. The van der Waals surface area contributed by atoms with Crippen LogP contribution >= 0.6 is 22.6 Å². The lowest BCUT2D eigenvalue weighted by Gasteiger charge is -2.39. The molecule has 1 aliphatic heterocycles. The predicted molar refractivity (Wildman–Crippen MR) is 115 cm³/mol. The maximum absolute atomic E-state index is 12.4. The number of rotatable bonds is 5. The van der Waals surface area contributed by atoms with Crippen molar-refractivity contribution in [3.63, 3.8) is 0 Å². The smallest absolute Gasteiger partial charge is 0.226 e. The minimum atomic E-state index is -0.0176. The summed E-state index contributed by atoms with van der Waals surface area (Å²) in [7, 11) is 0. The molecule has 1 fully saturated rings. The predicted octanol–water partition coefficient (Wildman–Crippen LogP) is 2.64. The number of aryl methyl sites for hydroxylation is 2. The van der Waals surface area contributed by atoms with E-state index >= 15 is 0 Å². The fourth-order valence-corrected chi connectivity index (χ4v) is 3.61. The van der Waals surface area contributed by atoms with E-state index in [1.54, 1.807) is 6.33 Å². The average molecular weight is 488 g/mol. The van der Waals surface area contributed by atoms with Gasteiger partial charge in [-0.2, -0.15) is 5.10 Å². The van der Waals surface area contributed by atoms with Crippen molar-refractivity contribution in [2.24, 2.45) is 5.92 Å². The van der Waals surface area contributed by atoms with Crippen LogP contribution < -0.4 is 10.2 Å². The number of carbonyl (C=O) groups is 1. The number of nitrogens with zero attached hydrogens (tertiary/aromatic N) is 5. The average Bonchev–Trinajstić information content (AvgIpc) is 2.98. The molecular formula is C20H21IN6O. The summed E-state index contributed by atoms with van der Waals surface area (Å²) in [6, 6.07) is 12.1. The van der Waals surface area contributed by atoms with Crippen molar-refractivity contribution in [2.45, 2.75) is 20.4 Å². The number of carbonyl (C=O) groups excluding carboxylic acids is 1. The molecule has 0 aliphatic carbocycles. The zero-order valence-corrected chi connectivity index (χ0v) is 17.9. The summed E-state index contributed by atoms with van der Waals surface area (Å²) in [6.07, 6.45) is 1.55. The Morgan fingerprint density at radius 2 is 1.86 bits per heavy atom. The first-order valence-electron chi connectivity index (χ1n) is 9.12. The van der Waals surface area contributed by atoms with Crippen LogP contribution in [-0.4, -0.2) is 38.7 Å². The van der Waals surface area contributed by atoms with Gasteiger partial charge in [-0.15, -0.1) is 0 Å². The highest BCUT2D eigenvalue weighted by molar-refractivity contribution is 14.1. The van der Waals surface area contributed by atoms with E-state index in [9.17, 15) is 4.79 Å². The summed E-state index contributed by atoms with van der Waals surface area (Å²) in [6.45, 7) is 5.83. The molecule has 1 N–H and O–H groups in total. The SMILES string of the molecule is Cc1cc(C)n(-c2cc(N3CC(C(=O)NCc4ccc(I)cc4)C3)ncn2)n1. The highest BCUT2D eigenvalue weighted by atomic mass is 127. The lowest BCUT2D eigenvalue weighted by molar-refractivity contribution is -0.125. The Kier molecular flexibility index (Phi) is 5.29. The molecule has 0 bridgehead atoms. The van der Waals surface area contributed by atoms with Crippen molar-refractivity contribution in [3.05, 3.63) is 63.2 Å². The van der Waals surface area contributed by atoms with Crippen molar-refractivity contribution in [1.82, 2.24) is 25.1 Å². The number of aromatic nitrogens is 4. The number of hydrogen-bond donors (Lipinski definition) is 1. The summed E-state index contributed by atoms with van der Waals surface area (Å²) in [5.74, 6) is 1.63. The van der Waals surface area contributed by atoms with Crippen LogP contribution in [0.15, 0.2) is 42.7 Å². The fourth-order valence-electron chi connectivity index (χ4n) is 3.25. The second kappa shape index (κ2) is 7.86. The molecule has 1 saturated heterocycles. The Morgan fingerprint density at radius 1 is 1.14 bits per heavy atom. The quantitative estimate of drug-likeness (QED) is 0.559. The number of nitrogens with one attached hydrogen (secondary N) is 1. The maximum Gasteiger partial charge on any atom is 0.226 e. The minimum absolute atomic E-state index is 0.0176. The van der Waals surface area contributed by atoms with Crippen molar-refractivity contribution in [2.75, 3.05) is 18.0 Å². The molecule has 0 saturated carbocycles. The van der Waals surface area contributed by atoms with Crippen molar-refractivity contribution >= 4 is 34.3 Å². The lowest BCUT2D eigenvalue weighted by atomic mass is 9.99. The first kappa shape index (κ1) is 18.9. The molecular weight excluding hydrogens is 467 g/mol. The number of halogens is 1. The molecule has 0 atom stereocenters. The minimum Gasteiger partial charge on any atom is -0.355 e. The van der Waals surface area contributed by atoms with Crippen LogP contribution in [0.25, 0.3) is 5.82 Å². The largest absolute Gasteiger partial charge is 0.355 e. The van der Waals surface area contributed by atoms with Crippen LogP contribution in [0.1, 0.15) is 17.0 Å². The molecule has 8 heteroatoms. The van der Waals surface area contributed by atoms with Gasteiger partial charge in [0.05, 0.1) is 11.6 Å². The van der Waals surface area contributed by atoms with E-state index in [2.05, 4.69) is 47.9 Å². The van der Waals surface area contributed by atoms with E-state index in [1.807, 2.05) is 54.9 Å². The van der Waals surface area contributed by atoms with Gasteiger partial charge >= 0.3 is 0 Å². The molecule has 0 radical (unpaired) electrons. The molecule has 1 aromatic carbocycles. The van der Waals surface area contributed by atoms with Crippen LogP contribution in [0.3, 0.4) is 0 Å². The lowest BCUT2D eigenvalue weighted by Crippen LogP contribution is -2.54. The number of benzene rings is 1. The summed E-state index contributed by atoms with van der Waals surface area (Å²) in [4.78, 5) is 23.2. The fraction of sp³-hybridized carbons (Fsp3) is 0.300. The van der Waals surface area contributed by atoms with Crippen molar-refractivity contribution in [3.8, 4) is 5.82 Å². The van der Waals surface area contributed by atoms with E-state index in [-0.39, 0.29) is 11.8 Å². The molecule has 1 amide bonds. The standard InChI is InChI=1S/C20H21IN6O/c1-13-7-14(2)27(25-13)19-8-18(23-12-24-19)26-10-16(11-26)20(28)22-9-15-3-5-17(21)6-4-15/h3-8,12,16H,9-11H2,1-2H3,(H,22,28). The van der Waals surface area contributed by atoms with E-state index < -0.39 is 0 Å². The summed E-state index contributed by atoms with van der Waals surface area (Å²) >= 11 is 2.27. The van der Waals surface area contributed by atoms with Crippen LogP contribution in [0.4, 0.5) is 5.82 Å². The first-order valence-corrected chi connectivity index (χ1v) is 10.2. The third-order valence-corrected chi connectivity index (χ3v) is 5.54. The Hall–Kier alpha value is -2.49. The van der Waals surface area contributed by atoms with Gasteiger partial charge in [0.1, 0.15) is 12.1 Å². The Labute approximate surface area is 177 Å². The first-order chi connectivity index (χ1) is 13.5. The molecule has 7 nitrogen and oxygen atoms in total. The van der Waals surface area contributed by atoms with Gasteiger partial charge in [-0.25, -0.2) is 14.6 Å². The van der Waals surface area contributed by atoms with Crippen LogP contribution in [0.5, 0.6) is 0 Å². The van der Waals surface area contributed by atoms with Gasteiger partial charge in [0, 0.05) is 35.0 Å². The van der Waals surface area contributed by atoms with Crippen molar-refractivity contribution < 1.29 is 4.79 Å². The molecule has 0 spiro atoms. The van der Waals surface area contributed by atoms with Gasteiger partial charge in [-0.05, 0) is 60.2 Å². The van der Waals surface area contributed by atoms with Crippen LogP contribution in [0.2, 0.25) is 0 Å². The monoisotopic (exact) mass is 488 g/mol. The third kappa shape index (κ3) is 4.01. The van der Waals surface area contributed by atoms with E-state index in [0.717, 1.165) is 28.6 Å². The molecule has 28 heavy (non-hydrogen) atoms. The highest BCUT2D eigenvalue weighted by Gasteiger charge is 2.33. The normalized spacial score (nSPS) is 14.0. The van der Waals surface area contributed by atoms with E-state index in [4.69, 9.17) is 0 Å². The Bertz CT molecular complexity index is 994. The van der Waals surface area contributed by atoms with Crippen LogP contribution in [0, 0.1) is 23.3 Å². The van der Waals surface area contributed by atoms with Gasteiger partial charge in [0.2, 0.25) is 5.91 Å². The second-order valence-corrected chi connectivity index (χ2v) is 8.27. The number of hydrogen-bond acceptors (Lipinski definition) is 5. The molecule has 0 unspecified atom stereocenters. The van der Waals surface area contributed by atoms with E-state index in [0.29, 0.717) is 19.6 Å². The van der Waals surface area contributed by atoms with Gasteiger partial charge in [0.15, 0.2) is 5.82 Å². The van der Waals surface area contributed by atoms with Crippen molar-refractivity contribution in [1.29, 1.82) is 0 Å². The van der Waals surface area contributed by atoms with Gasteiger partial charge in [0.25, 0.3) is 0 Å². The summed E-state index contributed by atoms with van der Waals surface area (Å²) in [5, 5.41) is 7.49. The molecule has 3 aromatic rings. The summed E-state index contributed by atoms with van der Waals surface area (Å²) in [5.41, 5.74) is 3.08. The molecule has 4 rings (SSSR count). The Morgan fingerprint density at radius 3 is 2.54 bits per heavy atom. The molecule has 3 heterocycles. The van der Waals surface area contributed by atoms with Gasteiger partial charge < -0.3 is 10.2 Å². The maximum atomic E-state index is 12.4. The molecule has 144 valence electrons. The number of amides is 1. The number of anilines is 1. The van der Waals surface area contributed by atoms with Crippen LogP contribution in [-0.2, 0) is 11.3 Å².